The van der Waals surface area contributed by atoms with Crippen LogP contribution in [0, 0.1) is 0 Å². The highest BCUT2D eigenvalue weighted by Gasteiger charge is 2.08. The van der Waals surface area contributed by atoms with E-state index in [4.69, 9.17) is 4.74 Å². The zero-order valence-electron chi connectivity index (χ0n) is 10.0. The van der Waals surface area contributed by atoms with Gasteiger partial charge >= 0.3 is 5.97 Å². The number of thiophene rings is 1. The Hall–Kier alpha value is -0.960. The molecule has 0 aromatic carbocycles. The molecule has 0 N–H and O–H groups in total. The van der Waals surface area contributed by atoms with Gasteiger partial charge in [0.05, 0.1) is 38.7 Å². The minimum absolute atomic E-state index is 0.0198. The van der Waals surface area contributed by atoms with Crippen LogP contribution >= 0.6 is 11.3 Å². The molecule has 0 atom stereocenters. The number of rotatable bonds is 7. The van der Waals surface area contributed by atoms with Crippen LogP contribution in [0.3, 0.4) is 0 Å². The smallest absolute Gasteiger partial charge is 0.338 e. The molecule has 0 unspecified atom stereocenters. The molecular formula is C10H14O6S2. The fourth-order valence-electron chi connectivity index (χ4n) is 1.10. The molecule has 0 saturated carbocycles. The summed E-state index contributed by atoms with van der Waals surface area (Å²) in [6, 6.07) is 1.67. The Kier molecular flexibility index (Phi) is 5.73. The van der Waals surface area contributed by atoms with Crippen LogP contribution in [0.2, 0.25) is 0 Å². The summed E-state index contributed by atoms with van der Waals surface area (Å²) in [5.41, 5.74) is 0.480. The van der Waals surface area contributed by atoms with Crippen LogP contribution < -0.4 is 0 Å². The number of ether oxygens (including phenoxy) is 2. The molecule has 8 heteroatoms. The molecule has 1 aromatic rings. The van der Waals surface area contributed by atoms with Crippen LogP contribution in [-0.4, -0.2) is 41.0 Å². The van der Waals surface area contributed by atoms with Crippen molar-refractivity contribution in [3.05, 3.63) is 21.9 Å². The monoisotopic (exact) mass is 294 g/mol. The Morgan fingerprint density at radius 1 is 1.39 bits per heavy atom. The van der Waals surface area contributed by atoms with Crippen molar-refractivity contribution < 1.29 is 26.9 Å². The zero-order chi connectivity index (χ0) is 13.6. The van der Waals surface area contributed by atoms with Crippen molar-refractivity contribution in [2.75, 3.05) is 26.6 Å². The number of carbonyl (C=O) groups excluding carboxylic acids is 1. The standard InChI is InChI=1S/C10H14O6S2/c1-14-10(11)8-5-9(17-7-8)6-15-3-4-16-18(2,12)13/h5,7H,3-4,6H2,1-2H3. The number of hydrogen-bond acceptors (Lipinski definition) is 7. The van der Waals surface area contributed by atoms with Gasteiger partial charge in [0, 0.05) is 10.3 Å². The van der Waals surface area contributed by atoms with Crippen molar-refractivity contribution in [1.29, 1.82) is 0 Å². The highest BCUT2D eigenvalue weighted by molar-refractivity contribution is 7.85. The van der Waals surface area contributed by atoms with Gasteiger partial charge in [0.2, 0.25) is 0 Å². The third-order valence-corrected chi connectivity index (χ3v) is 3.35. The summed E-state index contributed by atoms with van der Waals surface area (Å²) < 4.78 is 35.6. The van der Waals surface area contributed by atoms with Gasteiger partial charge in [-0.05, 0) is 6.07 Å². The first-order chi connectivity index (χ1) is 8.42. The van der Waals surface area contributed by atoms with Crippen molar-refractivity contribution in [3.8, 4) is 0 Å². The highest BCUT2D eigenvalue weighted by atomic mass is 32.2. The normalized spacial score (nSPS) is 11.4. The minimum atomic E-state index is -3.42. The second-order valence-corrected chi connectivity index (χ2v) is 6.01. The maximum atomic E-state index is 11.2. The molecule has 0 aliphatic heterocycles. The predicted molar refractivity (Wildman–Crippen MR) is 66.1 cm³/mol. The van der Waals surface area contributed by atoms with Crippen LogP contribution in [0.25, 0.3) is 0 Å². The topological polar surface area (TPSA) is 78.9 Å². The van der Waals surface area contributed by atoms with E-state index in [1.54, 1.807) is 11.4 Å². The maximum absolute atomic E-state index is 11.2. The van der Waals surface area contributed by atoms with E-state index in [9.17, 15) is 13.2 Å². The first-order valence-corrected chi connectivity index (χ1v) is 7.70. The molecular weight excluding hydrogens is 280 g/mol. The lowest BCUT2D eigenvalue weighted by molar-refractivity contribution is 0.0600. The number of esters is 1. The summed E-state index contributed by atoms with van der Waals surface area (Å²) in [5, 5.41) is 1.68. The summed E-state index contributed by atoms with van der Waals surface area (Å²) in [6.45, 7) is 0.446. The Morgan fingerprint density at radius 2 is 2.11 bits per heavy atom. The maximum Gasteiger partial charge on any atom is 0.338 e. The molecule has 0 saturated heterocycles. The van der Waals surface area contributed by atoms with E-state index in [1.807, 2.05) is 0 Å². The SMILES string of the molecule is COC(=O)c1csc(COCCOS(C)(=O)=O)c1. The van der Waals surface area contributed by atoms with Crippen molar-refractivity contribution in [2.45, 2.75) is 6.61 Å². The first-order valence-electron chi connectivity index (χ1n) is 5.00. The third kappa shape index (κ3) is 5.58. The summed E-state index contributed by atoms with van der Waals surface area (Å²) in [4.78, 5) is 12.0. The van der Waals surface area contributed by atoms with Crippen LogP contribution in [0.5, 0.6) is 0 Å². The average molecular weight is 294 g/mol. The quantitative estimate of drug-likeness (QED) is 0.424. The van der Waals surface area contributed by atoms with E-state index in [0.717, 1.165) is 11.1 Å². The molecule has 1 rings (SSSR count). The van der Waals surface area contributed by atoms with E-state index < -0.39 is 16.1 Å². The summed E-state index contributed by atoms with van der Waals surface area (Å²) in [7, 11) is -2.10. The van der Waals surface area contributed by atoms with Gasteiger partial charge < -0.3 is 9.47 Å². The molecule has 6 nitrogen and oxygen atoms in total. The number of carbonyl (C=O) groups is 1. The van der Waals surface area contributed by atoms with Gasteiger partial charge in [-0.15, -0.1) is 11.3 Å². The third-order valence-electron chi connectivity index (χ3n) is 1.84. The first kappa shape index (κ1) is 15.1. The lowest BCUT2D eigenvalue weighted by Crippen LogP contribution is -2.09. The molecule has 0 bridgehead atoms. The van der Waals surface area contributed by atoms with Crippen molar-refractivity contribution >= 4 is 27.4 Å². The van der Waals surface area contributed by atoms with Crippen molar-refractivity contribution in [1.82, 2.24) is 0 Å². The van der Waals surface area contributed by atoms with E-state index in [1.165, 1.54) is 18.4 Å². The van der Waals surface area contributed by atoms with Crippen molar-refractivity contribution in [3.63, 3.8) is 0 Å². The molecule has 102 valence electrons. The fraction of sp³-hybridized carbons (Fsp3) is 0.500. The van der Waals surface area contributed by atoms with E-state index in [2.05, 4.69) is 8.92 Å². The predicted octanol–water partition coefficient (Wildman–Crippen LogP) is 1.03. The van der Waals surface area contributed by atoms with Gasteiger partial charge in [-0.2, -0.15) is 8.42 Å². The lowest BCUT2D eigenvalue weighted by atomic mass is 10.3. The lowest BCUT2D eigenvalue weighted by Gasteiger charge is -2.02. The van der Waals surface area contributed by atoms with Crippen LogP contribution in [0.15, 0.2) is 11.4 Å². The number of hydrogen-bond donors (Lipinski definition) is 0. The molecule has 0 amide bonds. The Balaban J connectivity index is 2.28. The fourth-order valence-corrected chi connectivity index (χ4v) is 2.26. The Bertz CT molecular complexity index is 490. The number of methoxy groups -OCH3 is 1. The van der Waals surface area contributed by atoms with E-state index in [-0.39, 0.29) is 13.2 Å². The van der Waals surface area contributed by atoms with Gasteiger partial charge in [0.1, 0.15) is 0 Å². The molecule has 1 aromatic heterocycles. The van der Waals surface area contributed by atoms with Gasteiger partial charge in [0.25, 0.3) is 10.1 Å². The Morgan fingerprint density at radius 3 is 2.72 bits per heavy atom. The molecule has 0 spiro atoms. The minimum Gasteiger partial charge on any atom is -0.465 e. The van der Waals surface area contributed by atoms with Gasteiger partial charge in [-0.3, -0.25) is 4.18 Å². The summed E-state index contributed by atoms with van der Waals surface area (Å²) in [6.07, 6.45) is 0.981. The van der Waals surface area contributed by atoms with Gasteiger partial charge in [0.15, 0.2) is 0 Å². The molecule has 0 aliphatic rings. The summed E-state index contributed by atoms with van der Waals surface area (Å²) in [5.74, 6) is -0.391. The van der Waals surface area contributed by atoms with Crippen molar-refractivity contribution in [2.24, 2.45) is 0 Å². The average Bonchev–Trinajstić information content (AvgIpc) is 2.75. The van der Waals surface area contributed by atoms with E-state index >= 15 is 0 Å². The second kappa shape index (κ2) is 6.83. The second-order valence-electron chi connectivity index (χ2n) is 3.37. The van der Waals surface area contributed by atoms with Gasteiger partial charge in [-0.1, -0.05) is 0 Å². The van der Waals surface area contributed by atoms with Crippen LogP contribution in [-0.2, 0) is 30.4 Å². The van der Waals surface area contributed by atoms with Gasteiger partial charge in [-0.25, -0.2) is 4.79 Å². The van der Waals surface area contributed by atoms with E-state index in [0.29, 0.717) is 12.2 Å². The van der Waals surface area contributed by atoms with Crippen LogP contribution in [0.1, 0.15) is 15.2 Å². The summed E-state index contributed by atoms with van der Waals surface area (Å²) >= 11 is 1.37. The molecule has 1 heterocycles. The van der Waals surface area contributed by atoms with Crippen LogP contribution in [0.4, 0.5) is 0 Å². The molecule has 0 radical (unpaired) electrons. The highest BCUT2D eigenvalue weighted by Crippen LogP contribution is 2.16. The molecule has 0 aliphatic carbocycles. The Labute approximate surface area is 110 Å². The molecule has 18 heavy (non-hydrogen) atoms. The largest absolute Gasteiger partial charge is 0.465 e. The molecule has 0 fully saturated rings. The zero-order valence-corrected chi connectivity index (χ0v) is 11.7.